The van der Waals surface area contributed by atoms with Gasteiger partial charge in [0.15, 0.2) is 0 Å². The standard InChI is InChI=1S/C23H25N3O2/c1-15-6-5-7-16(2)22(15)25-23(28)18-12-21(27)26(14-18)11-10-17-13-24-20-9-4-3-8-19(17)20/h3-9,13,18,24H,10-12,14H2,1-2H3,(H,25,28). The Hall–Kier alpha value is -3.08. The van der Waals surface area contributed by atoms with Gasteiger partial charge in [0.25, 0.3) is 0 Å². The van der Waals surface area contributed by atoms with Crippen molar-refractivity contribution in [2.75, 3.05) is 18.4 Å². The molecule has 0 bridgehead atoms. The van der Waals surface area contributed by atoms with E-state index in [2.05, 4.69) is 16.4 Å². The van der Waals surface area contributed by atoms with E-state index < -0.39 is 0 Å². The molecule has 1 atom stereocenters. The fourth-order valence-electron chi connectivity index (χ4n) is 3.99. The second-order valence-electron chi connectivity index (χ2n) is 7.61. The van der Waals surface area contributed by atoms with Crippen LogP contribution in [0, 0.1) is 19.8 Å². The van der Waals surface area contributed by atoms with Gasteiger partial charge in [0.1, 0.15) is 0 Å². The second kappa shape index (κ2) is 7.50. The molecule has 0 radical (unpaired) electrons. The highest BCUT2D eigenvalue weighted by Gasteiger charge is 2.34. The van der Waals surface area contributed by atoms with E-state index in [1.807, 2.05) is 61.3 Å². The quantitative estimate of drug-likeness (QED) is 0.712. The Morgan fingerprint density at radius 2 is 1.89 bits per heavy atom. The fraction of sp³-hybridized carbons (Fsp3) is 0.304. The number of amides is 2. The summed E-state index contributed by atoms with van der Waals surface area (Å²) in [6.45, 7) is 5.08. The van der Waals surface area contributed by atoms with E-state index in [0.717, 1.165) is 28.8 Å². The van der Waals surface area contributed by atoms with Crippen LogP contribution < -0.4 is 5.32 Å². The van der Waals surface area contributed by atoms with Crippen molar-refractivity contribution in [3.05, 3.63) is 65.4 Å². The molecule has 5 heteroatoms. The first-order valence-electron chi connectivity index (χ1n) is 9.73. The molecular weight excluding hydrogens is 350 g/mol. The molecule has 2 N–H and O–H groups in total. The SMILES string of the molecule is Cc1cccc(C)c1NC(=O)C1CC(=O)N(CCc2c[nH]c3ccccc23)C1. The number of likely N-dealkylation sites (tertiary alicyclic amines) is 1. The first-order chi connectivity index (χ1) is 13.5. The van der Waals surface area contributed by atoms with Gasteiger partial charge in [-0.2, -0.15) is 0 Å². The summed E-state index contributed by atoms with van der Waals surface area (Å²) in [5.41, 5.74) is 5.24. The Morgan fingerprint density at radius 3 is 2.68 bits per heavy atom. The third-order valence-electron chi connectivity index (χ3n) is 5.64. The molecule has 0 aliphatic carbocycles. The number of nitrogens with one attached hydrogen (secondary N) is 2. The molecule has 2 aromatic carbocycles. The van der Waals surface area contributed by atoms with Crippen LogP contribution >= 0.6 is 0 Å². The number of para-hydroxylation sites is 2. The topological polar surface area (TPSA) is 65.2 Å². The number of nitrogens with zero attached hydrogens (tertiary/aromatic N) is 1. The number of H-pyrrole nitrogens is 1. The van der Waals surface area contributed by atoms with Crippen LogP contribution in [0.3, 0.4) is 0 Å². The highest BCUT2D eigenvalue weighted by atomic mass is 16.2. The Balaban J connectivity index is 1.39. The summed E-state index contributed by atoms with van der Waals surface area (Å²) in [6, 6.07) is 14.1. The van der Waals surface area contributed by atoms with Gasteiger partial charge >= 0.3 is 0 Å². The molecule has 2 heterocycles. The Bertz CT molecular complexity index is 1020. The van der Waals surface area contributed by atoms with Crippen LogP contribution in [0.1, 0.15) is 23.1 Å². The fourth-order valence-corrected chi connectivity index (χ4v) is 3.99. The summed E-state index contributed by atoms with van der Waals surface area (Å²) in [5, 5.41) is 4.23. The van der Waals surface area contributed by atoms with Crippen LogP contribution in [0.25, 0.3) is 10.9 Å². The number of aromatic amines is 1. The molecule has 0 spiro atoms. The maximum Gasteiger partial charge on any atom is 0.229 e. The van der Waals surface area contributed by atoms with E-state index in [4.69, 9.17) is 0 Å². The van der Waals surface area contributed by atoms with E-state index in [0.29, 0.717) is 13.1 Å². The van der Waals surface area contributed by atoms with Gasteiger partial charge in [-0.25, -0.2) is 0 Å². The lowest BCUT2D eigenvalue weighted by Crippen LogP contribution is -2.30. The Labute approximate surface area is 164 Å². The minimum Gasteiger partial charge on any atom is -0.361 e. The summed E-state index contributed by atoms with van der Waals surface area (Å²) in [5.74, 6) is -0.309. The maximum absolute atomic E-state index is 12.7. The zero-order valence-corrected chi connectivity index (χ0v) is 16.3. The van der Waals surface area contributed by atoms with Crippen LogP contribution in [-0.2, 0) is 16.0 Å². The summed E-state index contributed by atoms with van der Waals surface area (Å²) in [4.78, 5) is 30.2. The average molecular weight is 375 g/mol. The largest absolute Gasteiger partial charge is 0.361 e. The second-order valence-corrected chi connectivity index (χ2v) is 7.61. The van der Waals surface area contributed by atoms with E-state index in [1.54, 1.807) is 0 Å². The minimum absolute atomic E-state index is 0.0569. The van der Waals surface area contributed by atoms with Crippen molar-refractivity contribution >= 4 is 28.4 Å². The normalized spacial score (nSPS) is 16.7. The number of hydrogen-bond donors (Lipinski definition) is 2. The monoisotopic (exact) mass is 375 g/mol. The molecule has 4 rings (SSSR count). The van der Waals surface area contributed by atoms with Crippen LogP contribution in [0.5, 0.6) is 0 Å². The minimum atomic E-state index is -0.297. The van der Waals surface area contributed by atoms with Crippen molar-refractivity contribution < 1.29 is 9.59 Å². The van der Waals surface area contributed by atoms with Crippen molar-refractivity contribution in [2.45, 2.75) is 26.7 Å². The number of anilines is 1. The van der Waals surface area contributed by atoms with E-state index >= 15 is 0 Å². The molecular formula is C23H25N3O2. The lowest BCUT2D eigenvalue weighted by atomic mass is 10.1. The summed E-state index contributed by atoms with van der Waals surface area (Å²) in [6.07, 6.45) is 3.07. The third-order valence-corrected chi connectivity index (χ3v) is 5.64. The van der Waals surface area contributed by atoms with Crippen LogP contribution in [-0.4, -0.2) is 34.8 Å². The van der Waals surface area contributed by atoms with Gasteiger partial charge in [0.2, 0.25) is 11.8 Å². The van der Waals surface area contributed by atoms with E-state index in [9.17, 15) is 9.59 Å². The number of fused-ring (bicyclic) bond motifs is 1. The number of hydrogen-bond acceptors (Lipinski definition) is 2. The zero-order valence-electron chi connectivity index (χ0n) is 16.3. The van der Waals surface area contributed by atoms with Crippen molar-refractivity contribution in [3.8, 4) is 0 Å². The van der Waals surface area contributed by atoms with Gasteiger partial charge in [-0.3, -0.25) is 9.59 Å². The van der Waals surface area contributed by atoms with Gasteiger partial charge in [-0.15, -0.1) is 0 Å². The van der Waals surface area contributed by atoms with Gasteiger partial charge in [-0.1, -0.05) is 36.4 Å². The number of rotatable bonds is 5. The highest BCUT2D eigenvalue weighted by molar-refractivity contribution is 5.98. The summed E-state index contributed by atoms with van der Waals surface area (Å²) >= 11 is 0. The van der Waals surface area contributed by atoms with Gasteiger partial charge in [0.05, 0.1) is 5.92 Å². The molecule has 1 fully saturated rings. The van der Waals surface area contributed by atoms with Crippen LogP contribution in [0.15, 0.2) is 48.7 Å². The molecule has 144 valence electrons. The molecule has 1 unspecified atom stereocenters. The van der Waals surface area contributed by atoms with Crippen LogP contribution in [0.2, 0.25) is 0 Å². The molecule has 2 amide bonds. The van der Waals surface area contributed by atoms with Crippen molar-refractivity contribution in [1.82, 2.24) is 9.88 Å². The maximum atomic E-state index is 12.7. The number of aryl methyl sites for hydroxylation is 2. The summed E-state index contributed by atoms with van der Waals surface area (Å²) in [7, 11) is 0. The van der Waals surface area contributed by atoms with Crippen molar-refractivity contribution in [3.63, 3.8) is 0 Å². The number of carbonyl (C=O) groups excluding carboxylic acids is 2. The first kappa shape index (κ1) is 18.3. The molecule has 5 nitrogen and oxygen atoms in total. The predicted octanol–water partition coefficient (Wildman–Crippen LogP) is 3.81. The Morgan fingerprint density at radius 1 is 1.14 bits per heavy atom. The lowest BCUT2D eigenvalue weighted by molar-refractivity contribution is -0.128. The third kappa shape index (κ3) is 3.52. The Kier molecular flexibility index (Phi) is 4.90. The van der Waals surface area contributed by atoms with Crippen LogP contribution in [0.4, 0.5) is 5.69 Å². The number of benzene rings is 2. The number of carbonyl (C=O) groups is 2. The van der Waals surface area contributed by atoms with Gasteiger partial charge in [-0.05, 0) is 43.0 Å². The molecule has 28 heavy (non-hydrogen) atoms. The lowest BCUT2D eigenvalue weighted by Gasteiger charge is -2.17. The summed E-state index contributed by atoms with van der Waals surface area (Å²) < 4.78 is 0. The van der Waals surface area contributed by atoms with Gasteiger partial charge < -0.3 is 15.2 Å². The van der Waals surface area contributed by atoms with Crippen molar-refractivity contribution in [2.24, 2.45) is 5.92 Å². The highest BCUT2D eigenvalue weighted by Crippen LogP contribution is 2.25. The molecule has 1 saturated heterocycles. The zero-order chi connectivity index (χ0) is 19.7. The molecule has 1 aliphatic rings. The smallest absolute Gasteiger partial charge is 0.229 e. The predicted molar refractivity (Wildman–Crippen MR) is 111 cm³/mol. The van der Waals surface area contributed by atoms with E-state index in [-0.39, 0.29) is 24.2 Å². The average Bonchev–Trinajstić information content (AvgIpc) is 3.26. The molecule has 1 aliphatic heterocycles. The molecule has 3 aromatic rings. The van der Waals surface area contributed by atoms with Crippen molar-refractivity contribution in [1.29, 1.82) is 0 Å². The first-order valence-corrected chi connectivity index (χ1v) is 9.73. The van der Waals surface area contributed by atoms with E-state index in [1.165, 1.54) is 10.9 Å². The molecule has 1 aromatic heterocycles. The number of aromatic nitrogens is 1. The van der Waals surface area contributed by atoms with Gasteiger partial charge in [0, 0.05) is 42.3 Å². The molecule has 0 saturated carbocycles.